The van der Waals surface area contributed by atoms with Crippen molar-refractivity contribution >= 4 is 55.9 Å². The second kappa shape index (κ2) is 10.2. The van der Waals surface area contributed by atoms with E-state index in [-0.39, 0.29) is 0 Å². The van der Waals surface area contributed by atoms with E-state index in [0.717, 1.165) is 71.9 Å². The smallest absolute Gasteiger partial charge is 0.307 e. The van der Waals surface area contributed by atoms with Crippen molar-refractivity contribution in [2.45, 2.75) is 0 Å². The van der Waals surface area contributed by atoms with E-state index in [1.54, 1.807) is 0 Å². The molecule has 0 radical (unpaired) electrons. The highest BCUT2D eigenvalue weighted by atomic mass is 16.4. The van der Waals surface area contributed by atoms with Crippen LogP contribution < -0.4 is 0 Å². The Hall–Kier alpha value is -6.27. The molecule has 6 aromatic carbocycles. The van der Waals surface area contributed by atoms with Crippen LogP contribution in [0.5, 0.6) is 0 Å². The number of aromatic nitrogens is 3. The molecule has 0 N–H and O–H groups in total. The summed E-state index contributed by atoms with van der Waals surface area (Å²) in [6.45, 7) is 0. The predicted molar refractivity (Wildman–Crippen MR) is 180 cm³/mol. The van der Waals surface area contributed by atoms with Gasteiger partial charge in [-0.25, -0.2) is 4.98 Å². The van der Waals surface area contributed by atoms with Crippen molar-refractivity contribution in [2.24, 2.45) is 4.99 Å². The quantitative estimate of drug-likeness (QED) is 0.190. The van der Waals surface area contributed by atoms with E-state index in [4.69, 9.17) is 18.8 Å². The molecule has 0 atom stereocenters. The number of fused-ring (bicyclic) bond motifs is 5. The summed E-state index contributed by atoms with van der Waals surface area (Å²) in [5.74, 6) is 0.571. The Morgan fingerprint density at radius 3 is 2.09 bits per heavy atom. The zero-order valence-electron chi connectivity index (χ0n) is 24.0. The van der Waals surface area contributed by atoms with Crippen LogP contribution >= 0.6 is 0 Å². The number of nitrogens with zero attached hydrogens (tertiary/aromatic N) is 4. The maximum Gasteiger partial charge on any atom is 0.307 e. The summed E-state index contributed by atoms with van der Waals surface area (Å²) in [6, 6.07) is 47.3. The number of oxazole rings is 2. The van der Waals surface area contributed by atoms with Gasteiger partial charge in [-0.15, -0.1) is 0 Å². The fourth-order valence-corrected chi connectivity index (χ4v) is 5.94. The van der Waals surface area contributed by atoms with Crippen LogP contribution in [0.2, 0.25) is 0 Å². The molecular weight excluding hydrogens is 556 g/mol. The maximum atomic E-state index is 6.35. The van der Waals surface area contributed by atoms with Crippen LogP contribution in [0.3, 0.4) is 0 Å². The lowest BCUT2D eigenvalue weighted by Crippen LogP contribution is -1.94. The standard InChI is InChI=1S/C39H24N4O2/c1-3-9-26(10-4-1)27-16-18-33-37(23-27)44-38(41-33)28-17-20-35-31(22-28)30-21-25(24-40-29-11-5-2-6-12-29)15-19-34(30)43(35)39-42-32-13-7-8-14-36(32)45-39/h1-24H. The summed E-state index contributed by atoms with van der Waals surface area (Å²) in [7, 11) is 0. The van der Waals surface area contributed by atoms with Crippen molar-refractivity contribution in [3.05, 3.63) is 145 Å². The average molecular weight is 581 g/mol. The number of aliphatic imine (C=N–C) groups is 1. The normalized spacial score (nSPS) is 11.9. The minimum Gasteiger partial charge on any atom is -0.436 e. The number of para-hydroxylation sites is 3. The number of hydrogen-bond donors (Lipinski definition) is 0. The van der Waals surface area contributed by atoms with Crippen LogP contribution in [0, 0.1) is 0 Å². The molecule has 6 nitrogen and oxygen atoms in total. The van der Waals surface area contributed by atoms with Crippen molar-refractivity contribution in [3.8, 4) is 28.6 Å². The largest absolute Gasteiger partial charge is 0.436 e. The van der Waals surface area contributed by atoms with Crippen LogP contribution in [-0.4, -0.2) is 20.7 Å². The summed E-state index contributed by atoms with van der Waals surface area (Å²) < 4.78 is 14.7. The molecule has 9 aromatic rings. The average Bonchev–Trinajstić information content (AvgIpc) is 3.81. The van der Waals surface area contributed by atoms with E-state index in [2.05, 4.69) is 64.2 Å². The van der Waals surface area contributed by atoms with Crippen LogP contribution in [0.1, 0.15) is 5.56 Å². The lowest BCUT2D eigenvalue weighted by atomic mass is 10.1. The molecule has 0 aliphatic rings. The molecule has 6 heteroatoms. The third-order valence-corrected chi connectivity index (χ3v) is 8.12. The second-order valence-electron chi connectivity index (χ2n) is 11.0. The van der Waals surface area contributed by atoms with Crippen molar-refractivity contribution in [2.75, 3.05) is 0 Å². The molecule has 0 unspecified atom stereocenters. The summed E-state index contributed by atoms with van der Waals surface area (Å²) in [5.41, 5.74) is 10.1. The zero-order chi connectivity index (χ0) is 29.7. The van der Waals surface area contributed by atoms with Gasteiger partial charge in [0.05, 0.1) is 16.7 Å². The highest BCUT2D eigenvalue weighted by Gasteiger charge is 2.19. The highest BCUT2D eigenvalue weighted by molar-refractivity contribution is 6.11. The minimum absolute atomic E-state index is 0.518. The fourth-order valence-electron chi connectivity index (χ4n) is 5.94. The van der Waals surface area contributed by atoms with E-state index >= 15 is 0 Å². The summed E-state index contributed by atoms with van der Waals surface area (Å²) in [6.07, 6.45) is 1.90. The van der Waals surface area contributed by atoms with Gasteiger partial charge in [0, 0.05) is 22.6 Å². The van der Waals surface area contributed by atoms with Gasteiger partial charge in [-0.2, -0.15) is 4.98 Å². The van der Waals surface area contributed by atoms with E-state index < -0.39 is 0 Å². The molecule has 0 aliphatic heterocycles. The Bertz CT molecular complexity index is 2510. The SMILES string of the molecule is C(=Nc1ccccc1)c1ccc2c(c1)c1cc(-c3nc4ccc(-c5ccccc5)cc4o3)ccc1n2-c1nc2ccccc2o1. The molecule has 45 heavy (non-hydrogen) atoms. The van der Waals surface area contributed by atoms with Gasteiger partial charge in [0.15, 0.2) is 11.2 Å². The first-order chi connectivity index (χ1) is 22.3. The van der Waals surface area contributed by atoms with Crippen molar-refractivity contribution in [1.29, 1.82) is 0 Å². The monoisotopic (exact) mass is 580 g/mol. The summed E-state index contributed by atoms with van der Waals surface area (Å²) >= 11 is 0. The van der Waals surface area contributed by atoms with Gasteiger partial charge >= 0.3 is 6.01 Å². The van der Waals surface area contributed by atoms with Crippen LogP contribution in [-0.2, 0) is 0 Å². The lowest BCUT2D eigenvalue weighted by molar-refractivity contribution is 0.574. The maximum absolute atomic E-state index is 6.35. The van der Waals surface area contributed by atoms with Gasteiger partial charge in [-0.3, -0.25) is 9.56 Å². The van der Waals surface area contributed by atoms with Crippen LogP contribution in [0.15, 0.2) is 153 Å². The molecular formula is C39H24N4O2. The van der Waals surface area contributed by atoms with Gasteiger partial charge in [0.25, 0.3) is 0 Å². The Morgan fingerprint density at radius 2 is 1.24 bits per heavy atom. The van der Waals surface area contributed by atoms with E-state index in [9.17, 15) is 0 Å². The number of hydrogen-bond acceptors (Lipinski definition) is 5. The molecule has 0 amide bonds. The Kier molecular flexibility index (Phi) is 5.71. The van der Waals surface area contributed by atoms with Gasteiger partial charge in [-0.05, 0) is 83.4 Å². The molecule has 212 valence electrons. The van der Waals surface area contributed by atoms with E-state index in [0.29, 0.717) is 11.9 Å². The van der Waals surface area contributed by atoms with Crippen LogP contribution in [0.25, 0.3) is 72.6 Å². The Balaban J connectivity index is 1.21. The molecule has 3 heterocycles. The molecule has 0 spiro atoms. The van der Waals surface area contributed by atoms with Gasteiger partial charge < -0.3 is 8.83 Å². The van der Waals surface area contributed by atoms with E-state index in [1.165, 1.54) is 0 Å². The fraction of sp³-hybridized carbons (Fsp3) is 0. The molecule has 0 bridgehead atoms. The Morgan fingerprint density at radius 1 is 0.533 bits per heavy atom. The first-order valence-electron chi connectivity index (χ1n) is 14.8. The third kappa shape index (κ3) is 4.39. The molecule has 3 aromatic heterocycles. The number of rotatable bonds is 5. The first kappa shape index (κ1) is 25.2. The third-order valence-electron chi connectivity index (χ3n) is 8.12. The Labute approximate surface area is 257 Å². The molecule has 0 saturated carbocycles. The zero-order valence-corrected chi connectivity index (χ0v) is 24.0. The highest BCUT2D eigenvalue weighted by Crippen LogP contribution is 2.37. The van der Waals surface area contributed by atoms with E-state index in [1.807, 2.05) is 91.1 Å². The predicted octanol–water partition coefficient (Wildman–Crippen LogP) is 10.2. The lowest BCUT2D eigenvalue weighted by Gasteiger charge is -2.02. The van der Waals surface area contributed by atoms with Gasteiger partial charge in [0.2, 0.25) is 5.89 Å². The van der Waals surface area contributed by atoms with Crippen molar-refractivity contribution in [1.82, 2.24) is 14.5 Å². The molecule has 0 fully saturated rings. The summed E-state index contributed by atoms with van der Waals surface area (Å²) in [5, 5.41) is 2.08. The molecule has 0 aliphatic carbocycles. The van der Waals surface area contributed by atoms with Crippen molar-refractivity contribution in [3.63, 3.8) is 0 Å². The van der Waals surface area contributed by atoms with Gasteiger partial charge in [-0.1, -0.05) is 72.8 Å². The minimum atomic E-state index is 0.518. The van der Waals surface area contributed by atoms with Gasteiger partial charge in [0.1, 0.15) is 11.0 Å². The van der Waals surface area contributed by atoms with Crippen LogP contribution in [0.4, 0.5) is 5.69 Å². The summed E-state index contributed by atoms with van der Waals surface area (Å²) in [4.78, 5) is 14.4. The number of benzene rings is 6. The first-order valence-corrected chi connectivity index (χ1v) is 14.8. The van der Waals surface area contributed by atoms with Crippen molar-refractivity contribution < 1.29 is 8.83 Å². The molecule has 9 rings (SSSR count). The molecule has 0 saturated heterocycles. The second-order valence-corrected chi connectivity index (χ2v) is 11.0. The topological polar surface area (TPSA) is 69.3 Å².